The lowest BCUT2D eigenvalue weighted by atomic mass is 9.72. The van der Waals surface area contributed by atoms with Gasteiger partial charge >= 0.3 is 12.6 Å². The summed E-state index contributed by atoms with van der Waals surface area (Å²) >= 11 is 6.48. The second-order valence-electron chi connectivity index (χ2n) is 9.98. The number of halogens is 3. The number of alkyl halides is 2. The summed E-state index contributed by atoms with van der Waals surface area (Å²) in [6.45, 7) is -1.17. The molecule has 1 unspecified atom stereocenters. The summed E-state index contributed by atoms with van der Waals surface area (Å²) in [5.41, 5.74) is 7.30. The number of aromatic nitrogens is 3. The number of fused-ring (bicyclic) bond motifs is 2. The molecule has 1 aliphatic carbocycles. The highest BCUT2D eigenvalue weighted by Crippen LogP contribution is 2.45. The number of urea groups is 1. The molecule has 3 aromatic rings. The van der Waals surface area contributed by atoms with Crippen LogP contribution in [0.3, 0.4) is 0 Å². The molecule has 12 heteroatoms. The SMILES string of the molecule is Nc1ncc(-c2cc3n(n2)CCOC32CCN(C(=O)NC3(c4ccccc4Cl)CCC3)C2)cc1OC(F)F. The van der Waals surface area contributed by atoms with E-state index in [0.29, 0.717) is 48.9 Å². The van der Waals surface area contributed by atoms with Crippen LogP contribution < -0.4 is 15.8 Å². The monoisotopic (exact) mass is 544 g/mol. The van der Waals surface area contributed by atoms with Crippen molar-refractivity contribution in [2.75, 3.05) is 25.4 Å². The Morgan fingerprint density at radius 3 is 2.76 bits per heavy atom. The van der Waals surface area contributed by atoms with Crippen LogP contribution in [0.4, 0.5) is 19.4 Å². The number of nitrogen functional groups attached to an aromatic ring is 1. The van der Waals surface area contributed by atoms with E-state index in [-0.39, 0.29) is 17.6 Å². The van der Waals surface area contributed by atoms with Crippen LogP contribution in [0.2, 0.25) is 5.02 Å². The van der Waals surface area contributed by atoms with Gasteiger partial charge in [0.1, 0.15) is 5.60 Å². The number of likely N-dealkylation sites (tertiary alicyclic amines) is 1. The van der Waals surface area contributed by atoms with Crippen molar-refractivity contribution in [2.24, 2.45) is 0 Å². The molecule has 9 nitrogen and oxygen atoms in total. The lowest BCUT2D eigenvalue weighted by Gasteiger charge is -2.44. The van der Waals surface area contributed by atoms with Gasteiger partial charge in [0.15, 0.2) is 11.6 Å². The van der Waals surface area contributed by atoms with Crippen LogP contribution >= 0.6 is 11.6 Å². The number of hydrogen-bond acceptors (Lipinski definition) is 6. The van der Waals surface area contributed by atoms with Gasteiger partial charge in [-0.15, -0.1) is 0 Å². The van der Waals surface area contributed by atoms with Gasteiger partial charge in [-0.25, -0.2) is 9.78 Å². The molecular weight excluding hydrogens is 518 g/mol. The van der Waals surface area contributed by atoms with Gasteiger partial charge in [0.25, 0.3) is 0 Å². The van der Waals surface area contributed by atoms with Gasteiger partial charge in [-0.2, -0.15) is 13.9 Å². The number of carbonyl (C=O) groups excluding carboxylic acids is 1. The molecule has 2 amide bonds. The normalized spacial score (nSPS) is 21.8. The summed E-state index contributed by atoms with van der Waals surface area (Å²) < 4.78 is 38.2. The van der Waals surface area contributed by atoms with Gasteiger partial charge in [-0.05, 0) is 43.0 Å². The van der Waals surface area contributed by atoms with Gasteiger partial charge in [-0.1, -0.05) is 29.8 Å². The molecule has 0 radical (unpaired) electrons. The molecule has 200 valence electrons. The van der Waals surface area contributed by atoms with E-state index in [1.807, 2.05) is 35.0 Å². The Bertz CT molecular complexity index is 1380. The molecule has 6 rings (SSSR count). The Morgan fingerprint density at radius 2 is 2.03 bits per heavy atom. The molecule has 1 saturated heterocycles. The fourth-order valence-electron chi connectivity index (χ4n) is 5.69. The van der Waals surface area contributed by atoms with Crippen molar-refractivity contribution < 1.29 is 23.0 Å². The number of pyridine rings is 1. The van der Waals surface area contributed by atoms with E-state index >= 15 is 0 Å². The Morgan fingerprint density at radius 1 is 1.21 bits per heavy atom. The first kappa shape index (κ1) is 24.9. The average Bonchev–Trinajstić information content (AvgIpc) is 3.49. The van der Waals surface area contributed by atoms with Crippen LogP contribution in [0, 0.1) is 0 Å². The zero-order chi connectivity index (χ0) is 26.5. The first-order valence-electron chi connectivity index (χ1n) is 12.5. The summed E-state index contributed by atoms with van der Waals surface area (Å²) in [4.78, 5) is 19.2. The Labute approximate surface area is 222 Å². The number of nitrogens with two attached hydrogens (primary N) is 1. The van der Waals surface area contributed by atoms with Crippen molar-refractivity contribution in [3.05, 3.63) is 58.9 Å². The molecule has 1 aromatic carbocycles. The third kappa shape index (κ3) is 4.23. The lowest BCUT2D eigenvalue weighted by Crippen LogP contribution is -2.55. The minimum atomic E-state index is -3.02. The van der Waals surface area contributed by atoms with E-state index in [2.05, 4.69) is 20.1 Å². The number of nitrogens with one attached hydrogen (secondary N) is 1. The standard InChI is InChI=1S/C26H27ClF2N6O3/c27-18-5-2-1-4-17(18)25(6-3-7-25)32-24(36)34-9-8-26(15-34)21-13-19(33-35(21)10-11-37-26)16-12-20(38-23(28)29)22(30)31-14-16/h1-2,4-5,12-14,23H,3,6-11,15H2,(H2,30,31)(H,32,36). The predicted octanol–water partition coefficient (Wildman–Crippen LogP) is 4.50. The van der Waals surface area contributed by atoms with Crippen LogP contribution in [-0.4, -0.2) is 52.0 Å². The molecule has 1 spiro atoms. The predicted molar refractivity (Wildman–Crippen MR) is 136 cm³/mol. The molecule has 2 fully saturated rings. The highest BCUT2D eigenvalue weighted by Gasteiger charge is 2.49. The zero-order valence-corrected chi connectivity index (χ0v) is 21.3. The summed E-state index contributed by atoms with van der Waals surface area (Å²) in [5, 5.41) is 8.58. The van der Waals surface area contributed by atoms with Gasteiger partial charge in [-0.3, -0.25) is 4.68 Å². The van der Waals surface area contributed by atoms with E-state index in [1.165, 1.54) is 12.3 Å². The molecule has 4 heterocycles. The van der Waals surface area contributed by atoms with Crippen molar-refractivity contribution in [3.63, 3.8) is 0 Å². The van der Waals surface area contributed by atoms with Crippen LogP contribution in [0.15, 0.2) is 42.6 Å². The van der Waals surface area contributed by atoms with E-state index in [9.17, 15) is 13.6 Å². The minimum Gasteiger partial charge on any atom is -0.431 e. The highest BCUT2D eigenvalue weighted by atomic mass is 35.5. The number of nitrogens with zero attached hydrogens (tertiary/aromatic N) is 4. The van der Waals surface area contributed by atoms with Crippen LogP contribution in [-0.2, 0) is 22.4 Å². The quantitative estimate of drug-likeness (QED) is 0.490. The second kappa shape index (κ2) is 9.39. The summed E-state index contributed by atoms with van der Waals surface area (Å²) in [7, 11) is 0. The van der Waals surface area contributed by atoms with Crippen LogP contribution in [0.1, 0.15) is 36.9 Å². The molecule has 3 N–H and O–H groups in total. The van der Waals surface area contributed by atoms with E-state index in [4.69, 9.17) is 22.1 Å². The third-order valence-corrected chi connectivity index (χ3v) is 8.11. The molecule has 2 aliphatic heterocycles. The summed E-state index contributed by atoms with van der Waals surface area (Å²) in [6.07, 6.45) is 4.76. The van der Waals surface area contributed by atoms with Crippen molar-refractivity contribution >= 4 is 23.4 Å². The second-order valence-corrected chi connectivity index (χ2v) is 10.4. The molecule has 3 aliphatic rings. The van der Waals surface area contributed by atoms with Crippen molar-refractivity contribution in [2.45, 2.75) is 50.0 Å². The number of benzene rings is 1. The Balaban J connectivity index is 1.23. The smallest absolute Gasteiger partial charge is 0.387 e. The van der Waals surface area contributed by atoms with Crippen LogP contribution in [0.25, 0.3) is 11.3 Å². The highest BCUT2D eigenvalue weighted by molar-refractivity contribution is 6.31. The molecule has 1 atom stereocenters. The maximum atomic E-state index is 13.5. The lowest BCUT2D eigenvalue weighted by molar-refractivity contribution is -0.0703. The topological polar surface area (TPSA) is 108 Å². The first-order chi connectivity index (χ1) is 18.3. The van der Waals surface area contributed by atoms with E-state index in [1.54, 1.807) is 4.90 Å². The Kier molecular flexibility index (Phi) is 6.14. The molecule has 1 saturated carbocycles. The van der Waals surface area contributed by atoms with Crippen LogP contribution in [0.5, 0.6) is 5.75 Å². The maximum absolute atomic E-state index is 13.5. The fraction of sp³-hybridized carbons (Fsp3) is 0.423. The molecule has 0 bridgehead atoms. The van der Waals surface area contributed by atoms with Crippen molar-refractivity contribution in [3.8, 4) is 17.0 Å². The number of amides is 2. The zero-order valence-electron chi connectivity index (χ0n) is 20.5. The van der Waals surface area contributed by atoms with Gasteiger partial charge in [0.05, 0.1) is 36.6 Å². The summed E-state index contributed by atoms with van der Waals surface area (Å²) in [5.74, 6) is -0.335. The van der Waals surface area contributed by atoms with E-state index < -0.39 is 17.8 Å². The van der Waals surface area contributed by atoms with E-state index in [0.717, 1.165) is 30.5 Å². The number of ether oxygens (including phenoxy) is 2. The molecule has 2 aromatic heterocycles. The van der Waals surface area contributed by atoms with Gasteiger partial charge in [0.2, 0.25) is 0 Å². The largest absolute Gasteiger partial charge is 0.431 e. The molecular formula is C26H27ClF2N6O3. The van der Waals surface area contributed by atoms with Gasteiger partial charge in [0, 0.05) is 29.7 Å². The van der Waals surface area contributed by atoms with Crippen molar-refractivity contribution in [1.82, 2.24) is 25.0 Å². The first-order valence-corrected chi connectivity index (χ1v) is 12.9. The minimum absolute atomic E-state index is 0.128. The number of rotatable bonds is 5. The van der Waals surface area contributed by atoms with Gasteiger partial charge < -0.3 is 25.4 Å². The summed E-state index contributed by atoms with van der Waals surface area (Å²) in [6, 6.07) is 10.7. The number of carbonyl (C=O) groups is 1. The number of hydrogen-bond donors (Lipinski definition) is 2. The number of anilines is 1. The maximum Gasteiger partial charge on any atom is 0.387 e. The third-order valence-electron chi connectivity index (χ3n) is 7.78. The molecule has 38 heavy (non-hydrogen) atoms. The van der Waals surface area contributed by atoms with Crippen molar-refractivity contribution in [1.29, 1.82) is 0 Å². The average molecular weight is 545 g/mol. The Hall–Kier alpha value is -3.44. The fourth-order valence-corrected chi connectivity index (χ4v) is 6.01.